The minimum Gasteiger partial charge on any atom is -0.481 e. The molecule has 0 atom stereocenters. The number of esters is 2. The largest absolute Gasteiger partial charge is 0.481 e. The Kier molecular flexibility index (Phi) is 12.9. The number of carbonyl (C=O) groups is 4. The summed E-state index contributed by atoms with van der Waals surface area (Å²) >= 11 is 0. The second kappa shape index (κ2) is 14.0. The molecule has 0 saturated carbocycles. The van der Waals surface area contributed by atoms with Gasteiger partial charge in [0.2, 0.25) is 0 Å². The van der Waals surface area contributed by atoms with E-state index in [-0.39, 0.29) is 38.9 Å². The van der Waals surface area contributed by atoms with Gasteiger partial charge in [0.1, 0.15) is 0 Å². The molecule has 0 fully saturated rings. The fourth-order valence-corrected chi connectivity index (χ4v) is 2.91. The van der Waals surface area contributed by atoms with Gasteiger partial charge < -0.3 is 19.7 Å². The number of carbonyl (C=O) groups excluding carboxylic acids is 2. The minimum atomic E-state index is -1.42. The van der Waals surface area contributed by atoms with Gasteiger partial charge in [-0.05, 0) is 39.5 Å². The maximum atomic E-state index is 12.6. The van der Waals surface area contributed by atoms with E-state index >= 15 is 0 Å². The molecule has 156 valence electrons. The second-order valence-electron chi connectivity index (χ2n) is 6.43. The maximum absolute atomic E-state index is 12.6. The van der Waals surface area contributed by atoms with Crippen molar-refractivity contribution >= 4 is 23.9 Å². The molecule has 0 heterocycles. The highest BCUT2D eigenvalue weighted by Gasteiger charge is 2.47. The molecule has 0 spiro atoms. The standard InChI is InChI=1S/C19H32O8/c1-3-26-17(24)19(18(25)27-4-2,13-9-5-7-11-15(20)21)14-10-6-8-12-16(22)23/h3-14H2,1-2H3,(H,20,21)(H,22,23). The molecule has 8 heteroatoms. The molecule has 0 aromatic heterocycles. The highest BCUT2D eigenvalue weighted by molar-refractivity contribution is 6.00. The number of carboxylic acids is 2. The molecule has 0 unspecified atom stereocenters. The Labute approximate surface area is 160 Å². The zero-order valence-corrected chi connectivity index (χ0v) is 16.3. The van der Waals surface area contributed by atoms with Crippen LogP contribution in [0.15, 0.2) is 0 Å². The van der Waals surface area contributed by atoms with Crippen molar-refractivity contribution in [2.75, 3.05) is 13.2 Å². The Bertz CT molecular complexity index is 442. The highest BCUT2D eigenvalue weighted by atomic mass is 16.6. The first-order valence-electron chi connectivity index (χ1n) is 9.58. The van der Waals surface area contributed by atoms with Gasteiger partial charge in [0.15, 0.2) is 5.41 Å². The average molecular weight is 388 g/mol. The molecular formula is C19H32O8. The summed E-state index contributed by atoms with van der Waals surface area (Å²) in [5.74, 6) is -3.01. The molecule has 27 heavy (non-hydrogen) atoms. The lowest BCUT2D eigenvalue weighted by molar-refractivity contribution is -0.173. The van der Waals surface area contributed by atoms with Gasteiger partial charge in [0.05, 0.1) is 13.2 Å². The van der Waals surface area contributed by atoms with Crippen molar-refractivity contribution in [3.8, 4) is 0 Å². The fraction of sp³-hybridized carbons (Fsp3) is 0.789. The molecule has 0 radical (unpaired) electrons. The van der Waals surface area contributed by atoms with E-state index in [1.165, 1.54) is 0 Å². The first-order chi connectivity index (χ1) is 12.8. The Balaban J connectivity index is 5.05. The number of rotatable bonds is 16. The predicted octanol–water partition coefficient (Wildman–Crippen LogP) is 3.17. The topological polar surface area (TPSA) is 127 Å². The first kappa shape index (κ1) is 24.9. The van der Waals surface area contributed by atoms with Crippen molar-refractivity contribution in [1.29, 1.82) is 0 Å². The third-order valence-corrected chi connectivity index (χ3v) is 4.32. The van der Waals surface area contributed by atoms with E-state index < -0.39 is 29.3 Å². The molecule has 0 rings (SSSR count). The summed E-state index contributed by atoms with van der Waals surface area (Å²) in [5.41, 5.74) is -1.42. The summed E-state index contributed by atoms with van der Waals surface area (Å²) in [7, 11) is 0. The fourth-order valence-electron chi connectivity index (χ4n) is 2.91. The minimum absolute atomic E-state index is 0.0427. The Morgan fingerprint density at radius 1 is 0.667 bits per heavy atom. The summed E-state index contributed by atoms with van der Waals surface area (Å²) in [6.45, 7) is 3.59. The number of ether oxygens (including phenoxy) is 2. The summed E-state index contributed by atoms with van der Waals surface area (Å²) in [6.07, 6.45) is 3.62. The molecule has 8 nitrogen and oxygen atoms in total. The van der Waals surface area contributed by atoms with Gasteiger partial charge in [0.25, 0.3) is 0 Å². The zero-order chi connectivity index (χ0) is 20.7. The van der Waals surface area contributed by atoms with Gasteiger partial charge in [-0.3, -0.25) is 19.2 Å². The molecule has 0 aliphatic carbocycles. The van der Waals surface area contributed by atoms with E-state index in [0.717, 1.165) is 0 Å². The van der Waals surface area contributed by atoms with Crippen molar-refractivity contribution in [3.05, 3.63) is 0 Å². The average Bonchev–Trinajstić information content (AvgIpc) is 2.59. The van der Waals surface area contributed by atoms with E-state index in [4.69, 9.17) is 19.7 Å². The van der Waals surface area contributed by atoms with Gasteiger partial charge in [-0.15, -0.1) is 0 Å². The highest BCUT2D eigenvalue weighted by Crippen LogP contribution is 2.35. The van der Waals surface area contributed by atoms with E-state index in [9.17, 15) is 19.2 Å². The van der Waals surface area contributed by atoms with Crippen LogP contribution in [-0.4, -0.2) is 47.3 Å². The van der Waals surface area contributed by atoms with Crippen LogP contribution in [0.25, 0.3) is 0 Å². The van der Waals surface area contributed by atoms with Crippen molar-refractivity contribution in [1.82, 2.24) is 0 Å². The molecule has 0 bridgehead atoms. The normalized spacial score (nSPS) is 11.0. The molecule has 0 amide bonds. The van der Waals surface area contributed by atoms with Crippen LogP contribution in [0.2, 0.25) is 0 Å². The molecule has 0 aliphatic heterocycles. The maximum Gasteiger partial charge on any atom is 0.323 e. The van der Waals surface area contributed by atoms with E-state index in [2.05, 4.69) is 0 Å². The SMILES string of the molecule is CCOC(=O)C(CCCCCC(=O)O)(CCCCCC(=O)O)C(=O)OCC. The Morgan fingerprint density at radius 2 is 1.04 bits per heavy atom. The summed E-state index contributed by atoms with van der Waals surface area (Å²) in [4.78, 5) is 46.4. The molecule has 0 aliphatic rings. The first-order valence-corrected chi connectivity index (χ1v) is 9.58. The summed E-state index contributed by atoms with van der Waals surface area (Å²) in [6, 6.07) is 0. The van der Waals surface area contributed by atoms with Crippen molar-refractivity contribution in [2.45, 2.75) is 78.1 Å². The molecule has 2 N–H and O–H groups in total. The number of hydrogen-bond donors (Lipinski definition) is 2. The van der Waals surface area contributed by atoms with Crippen molar-refractivity contribution in [2.24, 2.45) is 5.41 Å². The molecular weight excluding hydrogens is 356 g/mol. The lowest BCUT2D eigenvalue weighted by Crippen LogP contribution is -2.42. The Hall–Kier alpha value is -2.12. The van der Waals surface area contributed by atoms with Crippen LogP contribution in [0.5, 0.6) is 0 Å². The van der Waals surface area contributed by atoms with E-state index in [1.807, 2.05) is 0 Å². The van der Waals surface area contributed by atoms with Crippen LogP contribution in [-0.2, 0) is 28.7 Å². The van der Waals surface area contributed by atoms with Crippen LogP contribution >= 0.6 is 0 Å². The van der Waals surface area contributed by atoms with Crippen molar-refractivity contribution in [3.63, 3.8) is 0 Å². The molecule has 0 saturated heterocycles. The van der Waals surface area contributed by atoms with Crippen LogP contribution < -0.4 is 0 Å². The molecule has 0 aromatic rings. The third kappa shape index (κ3) is 9.96. The third-order valence-electron chi connectivity index (χ3n) is 4.32. The van der Waals surface area contributed by atoms with Crippen LogP contribution in [0, 0.1) is 5.41 Å². The van der Waals surface area contributed by atoms with Crippen LogP contribution in [0.3, 0.4) is 0 Å². The van der Waals surface area contributed by atoms with Gasteiger partial charge in [-0.25, -0.2) is 0 Å². The monoisotopic (exact) mass is 388 g/mol. The van der Waals surface area contributed by atoms with Crippen molar-refractivity contribution < 1.29 is 38.9 Å². The number of aliphatic carboxylic acids is 2. The predicted molar refractivity (Wildman–Crippen MR) is 97.1 cm³/mol. The smallest absolute Gasteiger partial charge is 0.323 e. The quantitative estimate of drug-likeness (QED) is 0.234. The van der Waals surface area contributed by atoms with Crippen LogP contribution in [0.4, 0.5) is 0 Å². The van der Waals surface area contributed by atoms with Gasteiger partial charge >= 0.3 is 23.9 Å². The second-order valence-corrected chi connectivity index (χ2v) is 6.43. The van der Waals surface area contributed by atoms with Gasteiger partial charge in [-0.1, -0.05) is 25.7 Å². The lowest BCUT2D eigenvalue weighted by Gasteiger charge is -2.29. The lowest BCUT2D eigenvalue weighted by atomic mass is 9.77. The van der Waals surface area contributed by atoms with Gasteiger partial charge in [-0.2, -0.15) is 0 Å². The van der Waals surface area contributed by atoms with E-state index in [0.29, 0.717) is 38.5 Å². The summed E-state index contributed by atoms with van der Waals surface area (Å²) < 4.78 is 10.3. The molecule has 0 aromatic carbocycles. The Morgan fingerprint density at radius 3 is 1.33 bits per heavy atom. The number of unbranched alkanes of at least 4 members (excludes halogenated alkanes) is 4. The number of carboxylic acid groups (broad SMARTS) is 2. The zero-order valence-electron chi connectivity index (χ0n) is 16.3. The van der Waals surface area contributed by atoms with Gasteiger partial charge in [0, 0.05) is 12.8 Å². The van der Waals surface area contributed by atoms with E-state index in [1.54, 1.807) is 13.8 Å². The summed E-state index contributed by atoms with van der Waals surface area (Å²) in [5, 5.41) is 17.4. The number of hydrogen-bond acceptors (Lipinski definition) is 6. The van der Waals surface area contributed by atoms with Crippen LogP contribution in [0.1, 0.15) is 78.1 Å².